The largest absolute Gasteiger partial charge is 0.496 e. The van der Waals surface area contributed by atoms with Crippen molar-refractivity contribution in [2.45, 2.75) is 13.0 Å². The molecule has 1 aliphatic heterocycles. The smallest absolute Gasteiger partial charge is 0.338 e. The van der Waals surface area contributed by atoms with E-state index >= 15 is 0 Å². The van der Waals surface area contributed by atoms with Gasteiger partial charge in [0.05, 0.1) is 40.5 Å². The average Bonchev–Trinajstić information content (AvgIpc) is 3.07. The predicted molar refractivity (Wildman–Crippen MR) is 128 cm³/mol. The molecule has 0 aliphatic carbocycles. The second-order valence-corrected chi connectivity index (χ2v) is 9.32. The van der Waals surface area contributed by atoms with Crippen molar-refractivity contribution in [1.29, 1.82) is 0 Å². The van der Waals surface area contributed by atoms with Crippen LogP contribution in [0.4, 0.5) is 0 Å². The van der Waals surface area contributed by atoms with Gasteiger partial charge in [-0.2, -0.15) is 0 Å². The predicted octanol–water partition coefficient (Wildman–Crippen LogP) is 3.83. The molecule has 1 aliphatic rings. The number of hydrogen-bond donors (Lipinski definition) is 0. The van der Waals surface area contributed by atoms with E-state index in [1.165, 1.54) is 23.0 Å². The van der Waals surface area contributed by atoms with E-state index < -0.39 is 12.0 Å². The summed E-state index contributed by atoms with van der Waals surface area (Å²) in [5.74, 6) is 0.171. The van der Waals surface area contributed by atoms with Gasteiger partial charge in [0.25, 0.3) is 5.56 Å². The Morgan fingerprint density at radius 1 is 1.22 bits per heavy atom. The van der Waals surface area contributed by atoms with E-state index in [9.17, 15) is 9.59 Å². The van der Waals surface area contributed by atoms with Crippen molar-refractivity contribution in [3.8, 4) is 5.75 Å². The van der Waals surface area contributed by atoms with E-state index in [4.69, 9.17) is 21.1 Å². The van der Waals surface area contributed by atoms with E-state index in [-0.39, 0.29) is 5.56 Å². The first kappa shape index (κ1) is 22.5. The molecule has 6 nitrogen and oxygen atoms in total. The maximum Gasteiger partial charge on any atom is 0.338 e. The van der Waals surface area contributed by atoms with E-state index in [1.54, 1.807) is 44.4 Å². The molecule has 32 heavy (non-hydrogen) atoms. The third-order valence-electron chi connectivity index (χ3n) is 5.09. The maximum absolute atomic E-state index is 13.5. The second kappa shape index (κ2) is 9.05. The third kappa shape index (κ3) is 4.05. The van der Waals surface area contributed by atoms with E-state index in [2.05, 4.69) is 20.9 Å². The van der Waals surface area contributed by atoms with Crippen molar-refractivity contribution in [3.05, 3.63) is 94.0 Å². The quantitative estimate of drug-likeness (QED) is 0.478. The Kier molecular flexibility index (Phi) is 6.37. The minimum atomic E-state index is -0.666. The molecule has 0 saturated carbocycles. The molecule has 0 amide bonds. The van der Waals surface area contributed by atoms with Crippen molar-refractivity contribution in [2.24, 2.45) is 4.99 Å². The number of hydrogen-bond acceptors (Lipinski definition) is 6. The minimum absolute atomic E-state index is 0.241. The van der Waals surface area contributed by atoms with Crippen LogP contribution in [0.15, 0.2) is 68.0 Å². The van der Waals surface area contributed by atoms with Gasteiger partial charge in [-0.3, -0.25) is 9.36 Å². The number of fused-ring (bicyclic) bond motifs is 1. The Morgan fingerprint density at radius 2 is 1.94 bits per heavy atom. The third-order valence-corrected chi connectivity index (χ3v) is 6.94. The lowest BCUT2D eigenvalue weighted by Gasteiger charge is -2.24. The molecule has 0 saturated heterocycles. The van der Waals surface area contributed by atoms with Crippen LogP contribution in [0.25, 0.3) is 6.08 Å². The van der Waals surface area contributed by atoms with E-state index in [0.29, 0.717) is 31.4 Å². The summed E-state index contributed by atoms with van der Waals surface area (Å²) in [4.78, 5) is 31.2. The van der Waals surface area contributed by atoms with Crippen LogP contribution in [-0.2, 0) is 9.53 Å². The van der Waals surface area contributed by atoms with Gasteiger partial charge in [-0.15, -0.1) is 0 Å². The molecule has 0 spiro atoms. The number of nitrogens with zero attached hydrogens (tertiary/aromatic N) is 2. The summed E-state index contributed by atoms with van der Waals surface area (Å²) < 4.78 is 13.1. The number of rotatable bonds is 4. The monoisotopic (exact) mass is 532 g/mol. The summed E-state index contributed by atoms with van der Waals surface area (Å²) in [6.45, 7) is 1.74. The molecule has 164 valence electrons. The van der Waals surface area contributed by atoms with Gasteiger partial charge >= 0.3 is 5.97 Å². The Balaban J connectivity index is 1.94. The van der Waals surface area contributed by atoms with Gasteiger partial charge < -0.3 is 9.47 Å². The number of ether oxygens (including phenoxy) is 2. The van der Waals surface area contributed by atoms with Crippen molar-refractivity contribution < 1.29 is 14.3 Å². The second-order valence-electron chi connectivity index (χ2n) is 7.02. The topological polar surface area (TPSA) is 69.9 Å². The molecule has 0 fully saturated rings. The van der Waals surface area contributed by atoms with Gasteiger partial charge in [-0.1, -0.05) is 41.1 Å². The zero-order chi connectivity index (χ0) is 23.0. The highest BCUT2D eigenvalue weighted by Gasteiger charge is 2.33. The van der Waals surface area contributed by atoms with Crippen LogP contribution in [0.3, 0.4) is 0 Å². The molecule has 1 atom stereocenters. The molecular formula is C23H18BrClN2O4S. The highest BCUT2D eigenvalue weighted by molar-refractivity contribution is 9.10. The van der Waals surface area contributed by atoms with E-state index in [0.717, 1.165) is 15.6 Å². The van der Waals surface area contributed by atoms with Crippen LogP contribution in [0.2, 0.25) is 5.02 Å². The fraction of sp³-hybridized carbons (Fsp3) is 0.174. The summed E-state index contributed by atoms with van der Waals surface area (Å²) in [5, 5.41) is 0.562. The minimum Gasteiger partial charge on any atom is -0.496 e. The van der Waals surface area contributed by atoms with Crippen LogP contribution in [0.1, 0.15) is 24.1 Å². The number of esters is 1. The SMILES string of the molecule is COC(=O)C1=C(C)N=c2s/c(=C\c3ccc(OC)c(Br)c3)c(=O)n2[C@@H]1c1ccc(Cl)cc1. The first-order valence-electron chi connectivity index (χ1n) is 9.54. The van der Waals surface area contributed by atoms with Crippen molar-refractivity contribution in [1.82, 2.24) is 4.57 Å². The zero-order valence-corrected chi connectivity index (χ0v) is 20.5. The van der Waals surface area contributed by atoms with Crippen molar-refractivity contribution >= 4 is 50.9 Å². The van der Waals surface area contributed by atoms with Gasteiger partial charge in [0.2, 0.25) is 0 Å². The number of carbonyl (C=O) groups excluding carboxylic acids is 1. The van der Waals surface area contributed by atoms with Gasteiger partial charge in [-0.25, -0.2) is 9.79 Å². The molecule has 3 aromatic rings. The Bertz CT molecular complexity index is 1420. The van der Waals surface area contributed by atoms with Crippen LogP contribution in [0, 0.1) is 0 Å². The fourth-order valence-electron chi connectivity index (χ4n) is 3.58. The standard InChI is InChI=1S/C23H18BrClN2O4S/c1-12-19(22(29)31-3)20(14-5-7-15(25)8-6-14)27-21(28)18(32-23(27)26-12)11-13-4-9-17(30-2)16(24)10-13/h4-11,20H,1-3H3/b18-11-/t20-/m1/s1. The van der Waals surface area contributed by atoms with Crippen LogP contribution in [0.5, 0.6) is 5.75 Å². The lowest BCUT2D eigenvalue weighted by molar-refractivity contribution is -0.136. The van der Waals surface area contributed by atoms with Crippen LogP contribution in [-0.4, -0.2) is 24.8 Å². The summed E-state index contributed by atoms with van der Waals surface area (Å²) in [6.07, 6.45) is 1.80. The Hall–Kier alpha value is -2.68. The highest BCUT2D eigenvalue weighted by Crippen LogP contribution is 2.31. The lowest BCUT2D eigenvalue weighted by Crippen LogP contribution is -2.39. The summed E-state index contributed by atoms with van der Waals surface area (Å²) >= 11 is 10.8. The molecule has 9 heteroatoms. The summed E-state index contributed by atoms with van der Waals surface area (Å²) in [6, 6.07) is 11.9. The first-order chi connectivity index (χ1) is 15.3. The van der Waals surface area contributed by atoms with Crippen molar-refractivity contribution in [2.75, 3.05) is 14.2 Å². The molecular weight excluding hydrogens is 516 g/mol. The molecule has 0 bridgehead atoms. The number of carbonyl (C=O) groups is 1. The molecule has 2 aromatic carbocycles. The number of methoxy groups -OCH3 is 2. The summed E-state index contributed by atoms with van der Waals surface area (Å²) in [7, 11) is 2.91. The zero-order valence-electron chi connectivity index (χ0n) is 17.4. The Morgan fingerprint density at radius 3 is 2.56 bits per heavy atom. The molecule has 4 rings (SSSR count). The summed E-state index contributed by atoms with van der Waals surface area (Å²) in [5.41, 5.74) is 2.16. The van der Waals surface area contributed by atoms with E-state index in [1.807, 2.05) is 18.2 Å². The van der Waals surface area contributed by atoms with Gasteiger partial charge in [0, 0.05) is 5.02 Å². The maximum atomic E-state index is 13.5. The lowest BCUT2D eigenvalue weighted by atomic mass is 9.96. The number of thiazole rings is 1. The number of aromatic nitrogens is 1. The number of allylic oxidation sites excluding steroid dienone is 1. The van der Waals surface area contributed by atoms with Gasteiger partial charge in [0.15, 0.2) is 4.80 Å². The van der Waals surface area contributed by atoms with Crippen LogP contribution >= 0.6 is 38.9 Å². The first-order valence-corrected chi connectivity index (χ1v) is 11.5. The molecule has 2 heterocycles. The fourth-order valence-corrected chi connectivity index (χ4v) is 5.31. The molecule has 0 N–H and O–H groups in total. The number of benzene rings is 2. The van der Waals surface area contributed by atoms with Gasteiger partial charge in [-0.05, 0) is 64.3 Å². The van der Waals surface area contributed by atoms with Crippen LogP contribution < -0.4 is 19.6 Å². The van der Waals surface area contributed by atoms with Gasteiger partial charge in [0.1, 0.15) is 5.75 Å². The molecule has 0 radical (unpaired) electrons. The average molecular weight is 534 g/mol. The Labute approximate surface area is 201 Å². The number of halogens is 2. The molecule has 0 unspecified atom stereocenters. The molecule has 1 aromatic heterocycles. The normalized spacial score (nSPS) is 15.9. The highest BCUT2D eigenvalue weighted by atomic mass is 79.9. The van der Waals surface area contributed by atoms with Crippen molar-refractivity contribution in [3.63, 3.8) is 0 Å².